The highest BCUT2D eigenvalue weighted by molar-refractivity contribution is 5.99. The van der Waals surface area contributed by atoms with E-state index in [4.69, 9.17) is 4.98 Å². The van der Waals surface area contributed by atoms with Crippen molar-refractivity contribution in [2.24, 2.45) is 0 Å². The Balaban J connectivity index is 1.63. The van der Waals surface area contributed by atoms with Gasteiger partial charge in [-0.2, -0.15) is 0 Å². The Morgan fingerprint density at radius 1 is 1.04 bits per heavy atom. The molecule has 6 nitrogen and oxygen atoms in total. The maximum atomic E-state index is 12.7. The summed E-state index contributed by atoms with van der Waals surface area (Å²) in [4.78, 5) is 36.8. The molecule has 26 heavy (non-hydrogen) atoms. The van der Waals surface area contributed by atoms with Crippen LogP contribution in [0.2, 0.25) is 0 Å². The van der Waals surface area contributed by atoms with Gasteiger partial charge < -0.3 is 9.80 Å². The van der Waals surface area contributed by atoms with Gasteiger partial charge >= 0.3 is 0 Å². The highest BCUT2D eigenvalue weighted by atomic mass is 16.1. The highest BCUT2D eigenvalue weighted by Crippen LogP contribution is 2.33. The second-order valence-electron chi connectivity index (χ2n) is 7.00. The summed E-state index contributed by atoms with van der Waals surface area (Å²) < 4.78 is 0. The number of piperazine rings is 1. The molecule has 0 N–H and O–H groups in total. The molecule has 1 aliphatic heterocycles. The molecule has 1 atom stereocenters. The van der Waals surface area contributed by atoms with Gasteiger partial charge in [0, 0.05) is 32.6 Å². The van der Waals surface area contributed by atoms with Gasteiger partial charge in [-0.05, 0) is 24.8 Å². The molecular weight excluding hydrogens is 328 g/mol. The van der Waals surface area contributed by atoms with Gasteiger partial charge in [-0.25, -0.2) is 9.97 Å². The third kappa shape index (κ3) is 3.07. The number of aromatic nitrogens is 2. The number of nitrogens with zero attached hydrogens (tertiary/aromatic N) is 4. The first-order chi connectivity index (χ1) is 12.7. The van der Waals surface area contributed by atoms with Crippen molar-refractivity contribution in [1.29, 1.82) is 0 Å². The molecule has 1 amide bonds. The minimum atomic E-state index is 0.134. The van der Waals surface area contributed by atoms with Crippen LogP contribution in [0.4, 0.5) is 5.95 Å². The second-order valence-corrected chi connectivity index (χ2v) is 7.00. The molecule has 1 aromatic carbocycles. The van der Waals surface area contributed by atoms with Gasteiger partial charge in [-0.3, -0.25) is 9.59 Å². The molecule has 0 saturated carbocycles. The molecule has 0 spiro atoms. The van der Waals surface area contributed by atoms with Crippen molar-refractivity contribution in [2.45, 2.75) is 25.7 Å². The minimum absolute atomic E-state index is 0.134. The van der Waals surface area contributed by atoms with Gasteiger partial charge in [0.2, 0.25) is 12.4 Å². The number of anilines is 1. The number of rotatable bonds is 3. The zero-order chi connectivity index (χ0) is 18.1. The van der Waals surface area contributed by atoms with Crippen LogP contribution in [0.25, 0.3) is 0 Å². The fourth-order valence-corrected chi connectivity index (χ4v) is 3.89. The normalized spacial score (nSPS) is 20.0. The summed E-state index contributed by atoms with van der Waals surface area (Å²) in [6.07, 6.45) is 2.16. The lowest BCUT2D eigenvalue weighted by molar-refractivity contribution is -0.118. The molecule has 0 radical (unpaired) electrons. The van der Waals surface area contributed by atoms with Crippen LogP contribution in [0.15, 0.2) is 30.3 Å². The molecule has 1 aromatic heterocycles. The quantitative estimate of drug-likeness (QED) is 0.792. The number of amides is 1. The monoisotopic (exact) mass is 350 g/mol. The minimum Gasteiger partial charge on any atom is -0.342 e. The number of hydrogen-bond acceptors (Lipinski definition) is 5. The number of ketones is 1. The Kier molecular flexibility index (Phi) is 4.41. The van der Waals surface area contributed by atoms with Gasteiger partial charge in [-0.15, -0.1) is 0 Å². The van der Waals surface area contributed by atoms with Gasteiger partial charge in [0.05, 0.1) is 17.0 Å². The topological polar surface area (TPSA) is 66.4 Å². The third-order valence-electron chi connectivity index (χ3n) is 5.32. The molecule has 2 aliphatic rings. The summed E-state index contributed by atoms with van der Waals surface area (Å²) in [5.74, 6) is 0.980. The lowest BCUT2D eigenvalue weighted by atomic mass is 9.81. The van der Waals surface area contributed by atoms with Gasteiger partial charge in [-0.1, -0.05) is 30.3 Å². The number of carbonyl (C=O) groups excluding carboxylic acids is 2. The molecule has 2 heterocycles. The standard InChI is InChI=1S/C20H22N4O2/c1-14-19-17(11-16(12-18(19)26)15-5-3-2-4-6-15)22-20(21-14)24-9-7-23(13-25)8-10-24/h2-6,13,16H,7-12H2,1H3/t16-/m0/s1. The molecule has 1 saturated heterocycles. The molecule has 1 fully saturated rings. The summed E-state index contributed by atoms with van der Waals surface area (Å²) >= 11 is 0. The van der Waals surface area contributed by atoms with E-state index in [-0.39, 0.29) is 11.7 Å². The van der Waals surface area contributed by atoms with Crippen LogP contribution >= 0.6 is 0 Å². The van der Waals surface area contributed by atoms with Crippen LogP contribution in [0.3, 0.4) is 0 Å². The highest BCUT2D eigenvalue weighted by Gasteiger charge is 2.30. The van der Waals surface area contributed by atoms with Crippen LogP contribution in [-0.2, 0) is 11.2 Å². The Bertz CT molecular complexity index is 829. The zero-order valence-electron chi connectivity index (χ0n) is 14.9. The van der Waals surface area contributed by atoms with Gasteiger partial charge in [0.1, 0.15) is 0 Å². The smallest absolute Gasteiger partial charge is 0.225 e. The van der Waals surface area contributed by atoms with Gasteiger partial charge in [0.15, 0.2) is 5.78 Å². The van der Waals surface area contributed by atoms with E-state index in [0.29, 0.717) is 44.1 Å². The number of benzene rings is 1. The first-order valence-electron chi connectivity index (χ1n) is 9.05. The number of Topliss-reactive ketones (excluding diaryl/α,β-unsaturated/α-hetero) is 1. The molecule has 0 bridgehead atoms. The Morgan fingerprint density at radius 2 is 1.77 bits per heavy atom. The van der Waals surface area contributed by atoms with E-state index in [1.165, 1.54) is 5.56 Å². The third-order valence-corrected chi connectivity index (χ3v) is 5.32. The fraction of sp³-hybridized carbons (Fsp3) is 0.400. The number of fused-ring (bicyclic) bond motifs is 1. The van der Waals surface area contributed by atoms with Crippen molar-refractivity contribution in [3.8, 4) is 0 Å². The largest absolute Gasteiger partial charge is 0.342 e. The van der Waals surface area contributed by atoms with Crippen LogP contribution in [0, 0.1) is 6.92 Å². The van der Waals surface area contributed by atoms with Crippen LogP contribution in [-0.4, -0.2) is 53.2 Å². The summed E-state index contributed by atoms with van der Waals surface area (Å²) in [7, 11) is 0. The average molecular weight is 350 g/mol. The summed E-state index contributed by atoms with van der Waals surface area (Å²) in [5, 5.41) is 0. The van der Waals surface area contributed by atoms with E-state index in [9.17, 15) is 9.59 Å². The van der Waals surface area contributed by atoms with E-state index in [1.54, 1.807) is 4.90 Å². The lowest BCUT2D eigenvalue weighted by Gasteiger charge is -2.33. The van der Waals surface area contributed by atoms with Crippen LogP contribution in [0.5, 0.6) is 0 Å². The number of aryl methyl sites for hydroxylation is 1. The predicted molar refractivity (Wildman–Crippen MR) is 98.5 cm³/mol. The van der Waals surface area contributed by atoms with Crippen molar-refractivity contribution < 1.29 is 9.59 Å². The van der Waals surface area contributed by atoms with Crippen molar-refractivity contribution in [2.75, 3.05) is 31.1 Å². The maximum Gasteiger partial charge on any atom is 0.225 e. The summed E-state index contributed by atoms with van der Waals surface area (Å²) in [5.41, 5.74) is 3.51. The first kappa shape index (κ1) is 16.7. The molecule has 134 valence electrons. The van der Waals surface area contributed by atoms with Crippen LogP contribution in [0.1, 0.15) is 39.6 Å². The molecule has 6 heteroatoms. The number of carbonyl (C=O) groups is 2. The molecule has 4 rings (SSSR count). The Labute approximate surface area is 152 Å². The van der Waals surface area contributed by atoms with E-state index >= 15 is 0 Å². The Morgan fingerprint density at radius 3 is 2.46 bits per heavy atom. The SMILES string of the molecule is Cc1nc(N2CCN(C=O)CC2)nc2c1C(=O)C[C@@H](c1ccccc1)C2. The van der Waals surface area contributed by atoms with E-state index in [0.717, 1.165) is 24.2 Å². The van der Waals surface area contributed by atoms with Crippen molar-refractivity contribution in [1.82, 2.24) is 14.9 Å². The zero-order valence-corrected chi connectivity index (χ0v) is 14.9. The average Bonchev–Trinajstić information content (AvgIpc) is 2.68. The summed E-state index contributed by atoms with van der Waals surface area (Å²) in [6.45, 7) is 4.68. The molecule has 2 aromatic rings. The Hall–Kier alpha value is -2.76. The van der Waals surface area contributed by atoms with E-state index in [2.05, 4.69) is 22.0 Å². The predicted octanol–water partition coefficient (Wildman–Crippen LogP) is 1.98. The van der Waals surface area contributed by atoms with E-state index < -0.39 is 0 Å². The van der Waals surface area contributed by atoms with E-state index in [1.807, 2.05) is 25.1 Å². The number of hydrogen-bond donors (Lipinski definition) is 0. The molecular formula is C20H22N4O2. The van der Waals surface area contributed by atoms with Crippen molar-refractivity contribution in [3.63, 3.8) is 0 Å². The fourth-order valence-electron chi connectivity index (χ4n) is 3.89. The molecule has 0 unspecified atom stereocenters. The maximum absolute atomic E-state index is 12.7. The van der Waals surface area contributed by atoms with Gasteiger partial charge in [0.25, 0.3) is 0 Å². The molecule has 1 aliphatic carbocycles. The second kappa shape index (κ2) is 6.86. The van der Waals surface area contributed by atoms with Crippen molar-refractivity contribution >= 4 is 18.1 Å². The van der Waals surface area contributed by atoms with Crippen LogP contribution < -0.4 is 4.90 Å². The van der Waals surface area contributed by atoms with Crippen molar-refractivity contribution in [3.05, 3.63) is 52.8 Å². The lowest BCUT2D eigenvalue weighted by Crippen LogP contribution is -2.46. The first-order valence-corrected chi connectivity index (χ1v) is 9.05. The summed E-state index contributed by atoms with van der Waals surface area (Å²) in [6, 6.07) is 10.2.